The van der Waals surface area contributed by atoms with E-state index < -0.39 is 11.8 Å². The quantitative estimate of drug-likeness (QED) is 0.346. The van der Waals surface area contributed by atoms with Gasteiger partial charge in [0, 0.05) is 0 Å². The summed E-state index contributed by atoms with van der Waals surface area (Å²) in [5.74, 6) is -1.32. The zero-order chi connectivity index (χ0) is 14.6. The van der Waals surface area contributed by atoms with Crippen molar-refractivity contribution in [1.82, 2.24) is 0 Å². The molecule has 0 aliphatic carbocycles. The minimum absolute atomic E-state index is 0.153. The Labute approximate surface area is 121 Å². The van der Waals surface area contributed by atoms with Gasteiger partial charge in [0.15, 0.2) is 5.84 Å². The molecule has 1 atom stereocenters. The Hall–Kier alpha value is -1.46. The Balaban J connectivity index is 3.03. The standard InChI is InChI=1S/C12H15Cl2N3O2/c1-3-7(11(15)17-19)12(18)16-10-8(13)5-4-6(2)9(10)14/h4-5,7,19H,3H2,1-2H3,(H2,15,17)(H,16,18). The first-order chi connectivity index (χ1) is 8.92. The zero-order valence-electron chi connectivity index (χ0n) is 10.6. The molecule has 1 aromatic rings. The predicted octanol–water partition coefficient (Wildman–Crippen LogP) is 3.01. The average molecular weight is 304 g/mol. The molecule has 0 aromatic heterocycles. The van der Waals surface area contributed by atoms with E-state index in [0.29, 0.717) is 22.2 Å². The van der Waals surface area contributed by atoms with Crippen LogP contribution in [0.3, 0.4) is 0 Å². The third-order valence-electron chi connectivity index (χ3n) is 2.73. The molecule has 0 bridgehead atoms. The summed E-state index contributed by atoms with van der Waals surface area (Å²) in [5, 5.41) is 14.8. The SMILES string of the molecule is CCC(C(=O)Nc1c(Cl)ccc(C)c1Cl)C(N)=NO. The number of nitrogens with zero attached hydrogens (tertiary/aromatic N) is 1. The maximum absolute atomic E-state index is 12.1. The van der Waals surface area contributed by atoms with E-state index in [0.717, 1.165) is 5.56 Å². The van der Waals surface area contributed by atoms with Crippen LogP contribution in [-0.4, -0.2) is 17.0 Å². The highest BCUT2D eigenvalue weighted by atomic mass is 35.5. The van der Waals surface area contributed by atoms with E-state index >= 15 is 0 Å². The molecule has 5 nitrogen and oxygen atoms in total. The van der Waals surface area contributed by atoms with E-state index in [9.17, 15) is 4.79 Å². The Morgan fingerprint density at radius 3 is 2.68 bits per heavy atom. The molecule has 0 spiro atoms. The minimum Gasteiger partial charge on any atom is -0.409 e. The molecular formula is C12H15Cl2N3O2. The molecule has 1 rings (SSSR count). The van der Waals surface area contributed by atoms with Crippen LogP contribution in [0.25, 0.3) is 0 Å². The number of amides is 1. The number of hydrogen-bond acceptors (Lipinski definition) is 3. The molecule has 0 aliphatic rings. The van der Waals surface area contributed by atoms with Gasteiger partial charge < -0.3 is 16.3 Å². The highest BCUT2D eigenvalue weighted by Crippen LogP contribution is 2.33. The van der Waals surface area contributed by atoms with Crippen molar-refractivity contribution < 1.29 is 10.0 Å². The summed E-state index contributed by atoms with van der Waals surface area (Å²) in [6, 6.07) is 3.39. The lowest BCUT2D eigenvalue weighted by Crippen LogP contribution is -2.34. The number of hydrogen-bond donors (Lipinski definition) is 3. The normalized spacial score (nSPS) is 13.2. The van der Waals surface area contributed by atoms with Gasteiger partial charge in [-0.2, -0.15) is 0 Å². The summed E-state index contributed by atoms with van der Waals surface area (Å²) >= 11 is 12.1. The van der Waals surface area contributed by atoms with Gasteiger partial charge in [0.05, 0.1) is 21.7 Å². The number of rotatable bonds is 4. The van der Waals surface area contributed by atoms with Crippen LogP contribution in [0, 0.1) is 12.8 Å². The van der Waals surface area contributed by atoms with Gasteiger partial charge in [-0.1, -0.05) is 41.3 Å². The van der Waals surface area contributed by atoms with Crippen LogP contribution in [-0.2, 0) is 4.79 Å². The molecule has 1 aromatic carbocycles. The molecule has 7 heteroatoms. The zero-order valence-corrected chi connectivity index (χ0v) is 12.1. The number of benzene rings is 1. The second-order valence-corrected chi connectivity index (χ2v) is 4.81. The summed E-state index contributed by atoms with van der Waals surface area (Å²) in [4.78, 5) is 12.1. The van der Waals surface area contributed by atoms with E-state index in [1.165, 1.54) is 0 Å². The first-order valence-corrected chi connectivity index (χ1v) is 6.40. The van der Waals surface area contributed by atoms with Crippen molar-refractivity contribution in [2.75, 3.05) is 5.32 Å². The topological polar surface area (TPSA) is 87.7 Å². The van der Waals surface area contributed by atoms with Gasteiger partial charge in [-0.05, 0) is 25.0 Å². The summed E-state index contributed by atoms with van der Waals surface area (Å²) in [7, 11) is 0. The molecule has 1 unspecified atom stereocenters. The molecule has 0 heterocycles. The largest absolute Gasteiger partial charge is 0.409 e. The fraction of sp³-hybridized carbons (Fsp3) is 0.333. The lowest BCUT2D eigenvalue weighted by molar-refractivity contribution is -0.118. The van der Waals surface area contributed by atoms with Gasteiger partial charge in [0.1, 0.15) is 0 Å². The van der Waals surface area contributed by atoms with E-state index in [-0.39, 0.29) is 5.84 Å². The number of amidine groups is 1. The first-order valence-electron chi connectivity index (χ1n) is 5.65. The lowest BCUT2D eigenvalue weighted by Gasteiger charge is -2.16. The average Bonchev–Trinajstić information content (AvgIpc) is 2.39. The van der Waals surface area contributed by atoms with Gasteiger partial charge in [0.2, 0.25) is 5.91 Å². The van der Waals surface area contributed by atoms with Gasteiger partial charge in [-0.15, -0.1) is 0 Å². The minimum atomic E-state index is -0.738. The summed E-state index contributed by atoms with van der Waals surface area (Å²) in [5.41, 5.74) is 6.58. The summed E-state index contributed by atoms with van der Waals surface area (Å²) in [6.45, 7) is 3.55. The molecular weight excluding hydrogens is 289 g/mol. The van der Waals surface area contributed by atoms with Crippen molar-refractivity contribution in [3.63, 3.8) is 0 Å². The number of nitrogens with one attached hydrogen (secondary N) is 1. The number of carbonyl (C=O) groups excluding carboxylic acids is 1. The van der Waals surface area contributed by atoms with Crippen LogP contribution < -0.4 is 11.1 Å². The van der Waals surface area contributed by atoms with Crippen molar-refractivity contribution in [1.29, 1.82) is 0 Å². The second-order valence-electron chi connectivity index (χ2n) is 4.03. The van der Waals surface area contributed by atoms with E-state index in [2.05, 4.69) is 10.5 Å². The van der Waals surface area contributed by atoms with Crippen molar-refractivity contribution in [3.8, 4) is 0 Å². The van der Waals surface area contributed by atoms with Crippen LogP contribution >= 0.6 is 23.2 Å². The Morgan fingerprint density at radius 1 is 1.53 bits per heavy atom. The lowest BCUT2D eigenvalue weighted by atomic mass is 10.0. The third kappa shape index (κ3) is 3.52. The molecule has 4 N–H and O–H groups in total. The fourth-order valence-corrected chi connectivity index (χ4v) is 2.05. The summed E-state index contributed by atoms with van der Waals surface area (Å²) < 4.78 is 0. The number of anilines is 1. The molecule has 19 heavy (non-hydrogen) atoms. The van der Waals surface area contributed by atoms with Crippen LogP contribution in [0.4, 0.5) is 5.69 Å². The molecule has 1 amide bonds. The summed E-state index contributed by atoms with van der Waals surface area (Å²) in [6.07, 6.45) is 0.392. The molecule has 0 fully saturated rings. The molecule has 0 saturated heterocycles. The Kier molecular flexibility index (Phi) is 5.44. The van der Waals surface area contributed by atoms with Crippen molar-refractivity contribution in [3.05, 3.63) is 27.7 Å². The number of aryl methyl sites for hydroxylation is 1. The number of halogens is 2. The number of carbonyl (C=O) groups is 1. The van der Waals surface area contributed by atoms with E-state index in [4.69, 9.17) is 34.1 Å². The Morgan fingerprint density at radius 2 is 2.16 bits per heavy atom. The van der Waals surface area contributed by atoms with Crippen molar-refractivity contribution >= 4 is 40.6 Å². The van der Waals surface area contributed by atoms with Crippen LogP contribution in [0.1, 0.15) is 18.9 Å². The number of oxime groups is 1. The van der Waals surface area contributed by atoms with Crippen molar-refractivity contribution in [2.24, 2.45) is 16.8 Å². The predicted molar refractivity (Wildman–Crippen MR) is 77.0 cm³/mol. The monoisotopic (exact) mass is 303 g/mol. The molecule has 0 aliphatic heterocycles. The van der Waals surface area contributed by atoms with Crippen molar-refractivity contribution in [2.45, 2.75) is 20.3 Å². The van der Waals surface area contributed by atoms with Gasteiger partial charge in [0.25, 0.3) is 0 Å². The second kappa shape index (κ2) is 6.63. The van der Waals surface area contributed by atoms with Gasteiger partial charge >= 0.3 is 0 Å². The molecule has 104 valence electrons. The Bertz CT molecular complexity index is 518. The third-order valence-corrected chi connectivity index (χ3v) is 3.53. The van der Waals surface area contributed by atoms with Crippen LogP contribution in [0.5, 0.6) is 0 Å². The molecule has 0 radical (unpaired) electrons. The van der Waals surface area contributed by atoms with Gasteiger partial charge in [-0.25, -0.2) is 0 Å². The van der Waals surface area contributed by atoms with E-state index in [1.54, 1.807) is 26.0 Å². The van der Waals surface area contributed by atoms with Crippen LogP contribution in [0.15, 0.2) is 17.3 Å². The number of nitrogens with two attached hydrogens (primary N) is 1. The van der Waals surface area contributed by atoms with Gasteiger partial charge in [-0.3, -0.25) is 4.79 Å². The fourth-order valence-electron chi connectivity index (χ4n) is 1.58. The highest BCUT2D eigenvalue weighted by molar-refractivity contribution is 6.40. The van der Waals surface area contributed by atoms with Crippen LogP contribution in [0.2, 0.25) is 10.0 Å². The maximum Gasteiger partial charge on any atom is 0.235 e. The highest BCUT2D eigenvalue weighted by Gasteiger charge is 2.23. The molecule has 0 saturated carbocycles. The smallest absolute Gasteiger partial charge is 0.235 e. The van der Waals surface area contributed by atoms with E-state index in [1.807, 2.05) is 0 Å². The first kappa shape index (κ1) is 15.6. The maximum atomic E-state index is 12.1.